The number of rotatable bonds is 3. The maximum absolute atomic E-state index is 13.1. The van der Waals surface area contributed by atoms with Gasteiger partial charge in [0.25, 0.3) is 5.91 Å². The summed E-state index contributed by atoms with van der Waals surface area (Å²) in [5.41, 5.74) is 1.11. The van der Waals surface area contributed by atoms with E-state index in [1.165, 1.54) is 51.6 Å². The molecule has 0 radical (unpaired) electrons. The summed E-state index contributed by atoms with van der Waals surface area (Å²) >= 11 is 3.46. The van der Waals surface area contributed by atoms with E-state index in [9.17, 15) is 4.79 Å². The maximum Gasteiger partial charge on any atom is 0.253 e. The third kappa shape index (κ3) is 3.58. The molecule has 4 rings (SSSR count). The zero-order valence-electron chi connectivity index (χ0n) is 15.7. The largest absolute Gasteiger partial charge is 0.337 e. The minimum Gasteiger partial charge on any atom is -0.337 e. The number of benzene rings is 1. The minimum absolute atomic E-state index is 0.155. The van der Waals surface area contributed by atoms with Crippen LogP contribution in [-0.2, 0) is 0 Å². The molecule has 1 spiro atoms. The molecule has 5 heteroatoms. The maximum atomic E-state index is 13.1. The lowest BCUT2D eigenvalue weighted by Gasteiger charge is -2.49. The molecule has 3 atom stereocenters. The summed E-state index contributed by atoms with van der Waals surface area (Å²) in [5, 5.41) is 3.82. The third-order valence-electron chi connectivity index (χ3n) is 6.81. The number of likely N-dealkylation sites (tertiary alicyclic amines) is 1. The van der Waals surface area contributed by atoms with Gasteiger partial charge in [0.1, 0.15) is 0 Å². The van der Waals surface area contributed by atoms with Crippen molar-refractivity contribution in [2.45, 2.75) is 62.6 Å². The van der Waals surface area contributed by atoms with E-state index in [4.69, 9.17) is 0 Å². The van der Waals surface area contributed by atoms with Crippen molar-refractivity contribution in [2.24, 2.45) is 0 Å². The van der Waals surface area contributed by atoms with Crippen molar-refractivity contribution in [1.82, 2.24) is 15.1 Å². The average Bonchev–Trinajstić information content (AvgIpc) is 3.34. The van der Waals surface area contributed by atoms with E-state index in [0.29, 0.717) is 17.6 Å². The van der Waals surface area contributed by atoms with Crippen LogP contribution >= 0.6 is 15.9 Å². The van der Waals surface area contributed by atoms with E-state index in [-0.39, 0.29) is 5.91 Å². The van der Waals surface area contributed by atoms with Gasteiger partial charge in [0.15, 0.2) is 0 Å². The summed E-state index contributed by atoms with van der Waals surface area (Å²) in [6.07, 6.45) is 8.68. The van der Waals surface area contributed by atoms with Crippen LogP contribution in [0.2, 0.25) is 0 Å². The smallest absolute Gasteiger partial charge is 0.253 e. The average molecular weight is 420 g/mol. The molecule has 0 bridgehead atoms. The highest BCUT2D eigenvalue weighted by Gasteiger charge is 2.46. The first-order valence-electron chi connectivity index (χ1n) is 10.1. The molecular formula is C21H30BrN3O. The highest BCUT2D eigenvalue weighted by Crippen LogP contribution is 2.40. The van der Waals surface area contributed by atoms with Crippen molar-refractivity contribution in [3.8, 4) is 0 Å². The topological polar surface area (TPSA) is 35.6 Å². The van der Waals surface area contributed by atoms with Crippen LogP contribution in [-0.4, -0.2) is 60.0 Å². The molecule has 4 nitrogen and oxygen atoms in total. The van der Waals surface area contributed by atoms with Crippen LogP contribution < -0.4 is 5.32 Å². The zero-order valence-corrected chi connectivity index (χ0v) is 17.3. The van der Waals surface area contributed by atoms with E-state index in [0.717, 1.165) is 23.0 Å². The van der Waals surface area contributed by atoms with E-state index >= 15 is 0 Å². The first-order valence-corrected chi connectivity index (χ1v) is 10.9. The summed E-state index contributed by atoms with van der Waals surface area (Å²) in [4.78, 5) is 17.8. The number of halogens is 1. The van der Waals surface area contributed by atoms with Crippen LogP contribution in [0.1, 0.15) is 55.3 Å². The summed E-state index contributed by atoms with van der Waals surface area (Å²) in [5.74, 6) is 0.155. The van der Waals surface area contributed by atoms with Gasteiger partial charge in [0.2, 0.25) is 0 Å². The van der Waals surface area contributed by atoms with Gasteiger partial charge in [-0.1, -0.05) is 15.9 Å². The molecule has 26 heavy (non-hydrogen) atoms. The van der Waals surface area contributed by atoms with Crippen molar-refractivity contribution < 1.29 is 4.79 Å². The third-order valence-corrected chi connectivity index (χ3v) is 7.34. The van der Waals surface area contributed by atoms with Crippen molar-refractivity contribution in [3.63, 3.8) is 0 Å². The second-order valence-electron chi connectivity index (χ2n) is 8.35. The van der Waals surface area contributed by atoms with Crippen molar-refractivity contribution >= 4 is 21.8 Å². The van der Waals surface area contributed by atoms with Gasteiger partial charge in [-0.2, -0.15) is 0 Å². The molecule has 0 aromatic heterocycles. The second kappa shape index (κ2) is 7.61. The molecule has 1 N–H and O–H groups in total. The fraction of sp³-hybridized carbons (Fsp3) is 0.667. The predicted octanol–water partition coefficient (Wildman–Crippen LogP) is 3.66. The Balaban J connectivity index is 1.54. The SMILES string of the molecule is CN(C(=O)c1ccc(Br)cc1)[C@H]1CC[C@]2(CCCN2)C[C@@H]1N1CCCC1. The van der Waals surface area contributed by atoms with Crippen molar-refractivity contribution in [1.29, 1.82) is 0 Å². The van der Waals surface area contributed by atoms with Crippen molar-refractivity contribution in [3.05, 3.63) is 34.3 Å². The standard InChI is InChI=1S/C21H30BrN3O/c1-24(20(26)16-5-7-17(22)8-6-16)18-9-11-21(10-4-12-23-21)15-19(18)25-13-2-3-14-25/h5-8,18-19,23H,2-4,9-15H2,1H3/t18-,19-,21+/m0/s1. The number of amides is 1. The molecule has 1 aliphatic carbocycles. The number of carbonyl (C=O) groups is 1. The van der Waals surface area contributed by atoms with Gasteiger partial charge < -0.3 is 10.2 Å². The number of hydrogen-bond acceptors (Lipinski definition) is 3. The summed E-state index contributed by atoms with van der Waals surface area (Å²) in [7, 11) is 2.01. The molecule has 1 aromatic carbocycles. The number of nitrogens with one attached hydrogen (secondary N) is 1. The lowest BCUT2D eigenvalue weighted by Crippen LogP contribution is -2.60. The minimum atomic E-state index is 0.155. The lowest BCUT2D eigenvalue weighted by molar-refractivity contribution is 0.0320. The van der Waals surface area contributed by atoms with Crippen LogP contribution in [0.25, 0.3) is 0 Å². The molecule has 2 aliphatic heterocycles. The Hall–Kier alpha value is -0.910. The summed E-state index contributed by atoms with van der Waals surface area (Å²) < 4.78 is 1.01. The van der Waals surface area contributed by atoms with Gasteiger partial charge in [-0.05, 0) is 88.8 Å². The Morgan fingerprint density at radius 3 is 2.58 bits per heavy atom. The first kappa shape index (κ1) is 18.5. The molecule has 2 saturated heterocycles. The fourth-order valence-corrected chi connectivity index (χ4v) is 5.62. The van der Waals surface area contributed by atoms with Crippen molar-refractivity contribution in [2.75, 3.05) is 26.7 Å². The zero-order chi connectivity index (χ0) is 18.1. The predicted molar refractivity (Wildman–Crippen MR) is 108 cm³/mol. The van der Waals surface area contributed by atoms with Crippen LogP contribution in [0.15, 0.2) is 28.7 Å². The van der Waals surface area contributed by atoms with Crippen LogP contribution in [0.5, 0.6) is 0 Å². The number of carbonyl (C=O) groups excluding carboxylic acids is 1. The van der Waals surface area contributed by atoms with E-state index in [1.54, 1.807) is 0 Å². The highest BCUT2D eigenvalue weighted by molar-refractivity contribution is 9.10. The van der Waals surface area contributed by atoms with E-state index in [1.807, 2.05) is 36.2 Å². The summed E-state index contributed by atoms with van der Waals surface area (Å²) in [6, 6.07) is 8.57. The lowest BCUT2D eigenvalue weighted by atomic mass is 9.74. The Morgan fingerprint density at radius 2 is 1.92 bits per heavy atom. The summed E-state index contributed by atoms with van der Waals surface area (Å²) in [6.45, 7) is 3.54. The van der Waals surface area contributed by atoms with Crippen LogP contribution in [0, 0.1) is 0 Å². The van der Waals surface area contributed by atoms with Gasteiger partial charge in [-0.15, -0.1) is 0 Å². The Morgan fingerprint density at radius 1 is 1.19 bits per heavy atom. The second-order valence-corrected chi connectivity index (χ2v) is 9.27. The quantitative estimate of drug-likeness (QED) is 0.811. The van der Waals surface area contributed by atoms with Gasteiger partial charge in [-0.25, -0.2) is 0 Å². The number of nitrogens with zero attached hydrogens (tertiary/aromatic N) is 2. The highest BCUT2D eigenvalue weighted by atomic mass is 79.9. The molecule has 1 amide bonds. The van der Waals surface area contributed by atoms with Gasteiger partial charge in [0.05, 0.1) is 0 Å². The van der Waals surface area contributed by atoms with E-state index < -0.39 is 0 Å². The van der Waals surface area contributed by atoms with Crippen LogP contribution in [0.3, 0.4) is 0 Å². The molecule has 3 fully saturated rings. The first-order chi connectivity index (χ1) is 12.6. The monoisotopic (exact) mass is 419 g/mol. The molecule has 1 saturated carbocycles. The van der Waals surface area contributed by atoms with Gasteiger partial charge >= 0.3 is 0 Å². The van der Waals surface area contributed by atoms with Gasteiger partial charge in [-0.3, -0.25) is 9.69 Å². The molecular weight excluding hydrogens is 390 g/mol. The molecule has 3 aliphatic rings. The molecule has 142 valence electrons. The normalized spacial score (nSPS) is 32.2. The molecule has 2 heterocycles. The van der Waals surface area contributed by atoms with Gasteiger partial charge in [0, 0.05) is 34.7 Å². The Labute approximate surface area is 165 Å². The number of likely N-dealkylation sites (N-methyl/N-ethyl adjacent to an activating group) is 1. The van der Waals surface area contributed by atoms with Crippen LogP contribution in [0.4, 0.5) is 0 Å². The molecule has 0 unspecified atom stereocenters. The van der Waals surface area contributed by atoms with E-state index in [2.05, 4.69) is 26.1 Å². The number of hydrogen-bond donors (Lipinski definition) is 1. The fourth-order valence-electron chi connectivity index (χ4n) is 5.36. The Kier molecular flexibility index (Phi) is 5.40. The Bertz CT molecular complexity index is 635. The molecule has 1 aromatic rings.